The summed E-state index contributed by atoms with van der Waals surface area (Å²) in [7, 11) is -1.28. The van der Waals surface area contributed by atoms with Crippen LogP contribution in [-0.4, -0.2) is 28.9 Å². The van der Waals surface area contributed by atoms with Gasteiger partial charge in [-0.3, -0.25) is 0 Å². The highest BCUT2D eigenvalue weighted by Gasteiger charge is 2.24. The molecule has 0 saturated carbocycles. The molecule has 9 heteroatoms. The molecule has 0 amide bonds. The van der Waals surface area contributed by atoms with Crippen LogP contribution in [0.3, 0.4) is 0 Å². The van der Waals surface area contributed by atoms with E-state index in [1.54, 1.807) is 6.92 Å². The van der Waals surface area contributed by atoms with Gasteiger partial charge in [0.25, 0.3) is 0 Å². The van der Waals surface area contributed by atoms with E-state index in [9.17, 15) is 8.60 Å². The molecule has 0 aromatic carbocycles. The first kappa shape index (κ1) is 17.0. The number of aromatic nitrogens is 4. The Labute approximate surface area is 135 Å². The van der Waals surface area contributed by atoms with Crippen LogP contribution in [0.25, 0.3) is 5.69 Å². The smallest absolute Gasteiger partial charge is 0.186 e. The number of nitrogens with zero attached hydrogens (tertiary/aromatic N) is 4. The van der Waals surface area contributed by atoms with Crippen LogP contribution in [0.2, 0.25) is 5.15 Å². The Balaban J connectivity index is 2.34. The lowest BCUT2D eigenvalue weighted by Gasteiger charge is -2.22. The third-order valence-electron chi connectivity index (χ3n) is 2.91. The second-order valence-electron chi connectivity index (χ2n) is 5.73. The summed E-state index contributed by atoms with van der Waals surface area (Å²) in [4.78, 5) is 3.67. The number of nitrogens with one attached hydrogen (secondary N) is 1. The van der Waals surface area contributed by atoms with Crippen LogP contribution in [0.15, 0.2) is 18.5 Å². The van der Waals surface area contributed by atoms with Crippen molar-refractivity contribution in [1.82, 2.24) is 24.7 Å². The largest absolute Gasteiger partial charge is 0.242 e. The Kier molecular flexibility index (Phi) is 4.93. The molecule has 1 unspecified atom stereocenters. The molecule has 0 radical (unpaired) electrons. The summed E-state index contributed by atoms with van der Waals surface area (Å²) in [5.41, 5.74) is 0.710. The maximum absolute atomic E-state index is 14.1. The molecule has 0 fully saturated rings. The van der Waals surface area contributed by atoms with Crippen LogP contribution in [0, 0.1) is 5.82 Å². The molecule has 2 rings (SSSR count). The SMILES string of the molecule is CC(N[S@](=O)C(C)(C)C)c1cnnn1-c1ccnc(Cl)c1F. The monoisotopic (exact) mass is 345 g/mol. The zero-order chi connectivity index (χ0) is 16.5. The maximum Gasteiger partial charge on any atom is 0.186 e. The fraction of sp³-hybridized carbons (Fsp3) is 0.462. The van der Waals surface area contributed by atoms with Gasteiger partial charge < -0.3 is 0 Å². The zero-order valence-corrected chi connectivity index (χ0v) is 14.2. The molecule has 0 saturated heterocycles. The van der Waals surface area contributed by atoms with Crippen LogP contribution >= 0.6 is 11.6 Å². The maximum atomic E-state index is 14.1. The summed E-state index contributed by atoms with van der Waals surface area (Å²) in [6.45, 7) is 7.39. The van der Waals surface area contributed by atoms with Gasteiger partial charge in [-0.2, -0.15) is 0 Å². The molecular weight excluding hydrogens is 329 g/mol. The van der Waals surface area contributed by atoms with Gasteiger partial charge in [0.15, 0.2) is 11.0 Å². The average molecular weight is 346 g/mol. The summed E-state index contributed by atoms with van der Waals surface area (Å²) >= 11 is 5.69. The predicted molar refractivity (Wildman–Crippen MR) is 83.6 cm³/mol. The van der Waals surface area contributed by atoms with E-state index >= 15 is 0 Å². The summed E-state index contributed by atoms with van der Waals surface area (Å²) in [5.74, 6) is -0.680. The topological polar surface area (TPSA) is 72.7 Å². The molecule has 2 heterocycles. The molecule has 0 aliphatic carbocycles. The second-order valence-corrected chi connectivity index (χ2v) is 8.08. The van der Waals surface area contributed by atoms with Crippen LogP contribution in [0.5, 0.6) is 0 Å². The summed E-state index contributed by atoms with van der Waals surface area (Å²) in [6.07, 6.45) is 2.88. The lowest BCUT2D eigenvalue weighted by Crippen LogP contribution is -2.35. The van der Waals surface area contributed by atoms with Crippen molar-refractivity contribution in [1.29, 1.82) is 0 Å². The highest BCUT2D eigenvalue weighted by Crippen LogP contribution is 2.23. The van der Waals surface area contributed by atoms with E-state index in [0.29, 0.717) is 5.69 Å². The van der Waals surface area contributed by atoms with Crippen molar-refractivity contribution < 1.29 is 8.60 Å². The summed E-state index contributed by atoms with van der Waals surface area (Å²) in [6, 6.07) is 1.11. The van der Waals surface area contributed by atoms with E-state index in [1.807, 2.05) is 20.8 Å². The van der Waals surface area contributed by atoms with Crippen LogP contribution < -0.4 is 4.72 Å². The van der Waals surface area contributed by atoms with E-state index in [-0.39, 0.29) is 16.9 Å². The Hall–Kier alpha value is -1.38. The molecule has 0 bridgehead atoms. The highest BCUT2D eigenvalue weighted by molar-refractivity contribution is 7.84. The first-order chi connectivity index (χ1) is 10.2. The Morgan fingerprint density at radius 1 is 1.45 bits per heavy atom. The normalized spacial score (nSPS) is 14.8. The number of rotatable bonds is 4. The lowest BCUT2D eigenvalue weighted by atomic mass is 10.2. The molecule has 120 valence electrons. The average Bonchev–Trinajstić information content (AvgIpc) is 2.90. The van der Waals surface area contributed by atoms with Gasteiger partial charge in [0, 0.05) is 6.20 Å². The van der Waals surface area contributed by atoms with E-state index in [4.69, 9.17) is 11.6 Å². The molecule has 2 aromatic rings. The van der Waals surface area contributed by atoms with Gasteiger partial charge in [0.1, 0.15) is 5.69 Å². The first-order valence-electron chi connectivity index (χ1n) is 6.61. The molecule has 0 aliphatic heterocycles. The van der Waals surface area contributed by atoms with Gasteiger partial charge >= 0.3 is 0 Å². The molecule has 6 nitrogen and oxygen atoms in total. The summed E-state index contributed by atoms with van der Waals surface area (Å²) in [5, 5.41) is 7.45. The predicted octanol–water partition coefficient (Wildman–Crippen LogP) is 2.57. The van der Waals surface area contributed by atoms with Crippen LogP contribution in [0.4, 0.5) is 4.39 Å². The van der Waals surface area contributed by atoms with E-state index in [1.165, 1.54) is 23.1 Å². The van der Waals surface area contributed by atoms with Crippen molar-refractivity contribution >= 4 is 22.6 Å². The Morgan fingerprint density at radius 2 is 2.14 bits per heavy atom. The van der Waals surface area contributed by atoms with Crippen molar-refractivity contribution in [2.45, 2.75) is 38.5 Å². The molecule has 22 heavy (non-hydrogen) atoms. The van der Waals surface area contributed by atoms with Crippen molar-refractivity contribution in [2.75, 3.05) is 0 Å². The molecule has 2 atom stereocenters. The van der Waals surface area contributed by atoms with Gasteiger partial charge in [0.05, 0.1) is 33.7 Å². The van der Waals surface area contributed by atoms with Gasteiger partial charge in [-0.05, 0) is 33.8 Å². The molecule has 0 spiro atoms. The lowest BCUT2D eigenvalue weighted by molar-refractivity contribution is 0.578. The highest BCUT2D eigenvalue weighted by atomic mass is 35.5. The Bertz CT molecular complexity index is 700. The van der Waals surface area contributed by atoms with Crippen molar-refractivity contribution in [3.63, 3.8) is 0 Å². The third-order valence-corrected chi connectivity index (χ3v) is 4.86. The fourth-order valence-electron chi connectivity index (χ4n) is 1.70. The quantitative estimate of drug-likeness (QED) is 0.864. The minimum absolute atomic E-state index is 0.141. The summed E-state index contributed by atoms with van der Waals surface area (Å²) < 4.78 is 30.1. The van der Waals surface area contributed by atoms with Crippen LogP contribution in [-0.2, 0) is 11.0 Å². The Morgan fingerprint density at radius 3 is 2.77 bits per heavy atom. The molecule has 0 aliphatic rings. The van der Waals surface area contributed by atoms with Gasteiger partial charge in [-0.25, -0.2) is 23.0 Å². The second kappa shape index (κ2) is 6.39. The fourth-order valence-corrected chi connectivity index (χ4v) is 2.64. The number of pyridine rings is 1. The molecular formula is C13H17ClFN5OS. The standard InChI is InChI=1S/C13H17ClFN5OS/c1-8(18-22(21)13(2,3)4)10-7-17-19-20(10)9-5-6-16-12(14)11(9)15/h5-8,18H,1-4H3/t8?,22-/m1/s1. The number of halogens is 2. The van der Waals surface area contributed by atoms with Crippen molar-refractivity contribution in [3.05, 3.63) is 35.1 Å². The van der Waals surface area contributed by atoms with E-state index in [2.05, 4.69) is 20.0 Å². The van der Waals surface area contributed by atoms with Gasteiger partial charge in [-0.1, -0.05) is 16.8 Å². The van der Waals surface area contributed by atoms with Gasteiger partial charge in [0.2, 0.25) is 0 Å². The third kappa shape index (κ3) is 3.50. The zero-order valence-electron chi connectivity index (χ0n) is 12.7. The minimum Gasteiger partial charge on any atom is -0.242 e. The number of hydrogen-bond acceptors (Lipinski definition) is 4. The minimum atomic E-state index is -1.28. The van der Waals surface area contributed by atoms with E-state index in [0.717, 1.165) is 0 Å². The number of hydrogen-bond donors (Lipinski definition) is 1. The van der Waals surface area contributed by atoms with Gasteiger partial charge in [-0.15, -0.1) is 5.10 Å². The van der Waals surface area contributed by atoms with Crippen LogP contribution in [0.1, 0.15) is 39.4 Å². The van der Waals surface area contributed by atoms with Crippen molar-refractivity contribution in [2.24, 2.45) is 0 Å². The van der Waals surface area contributed by atoms with E-state index < -0.39 is 21.5 Å². The molecule has 2 aromatic heterocycles. The first-order valence-corrected chi connectivity index (χ1v) is 8.13. The molecule has 1 N–H and O–H groups in total. The van der Waals surface area contributed by atoms with Crippen molar-refractivity contribution in [3.8, 4) is 5.69 Å².